The molecule has 0 aliphatic carbocycles. The van der Waals surface area contributed by atoms with Crippen LogP contribution in [-0.4, -0.2) is 141 Å². The van der Waals surface area contributed by atoms with E-state index < -0.39 is 11.9 Å². The first-order valence-electron chi connectivity index (χ1n) is 18.4. The number of hydrogen-bond acceptors (Lipinski definition) is 14. The number of aliphatic hydroxyl groups is 1. The highest BCUT2D eigenvalue weighted by Gasteiger charge is 2.13. The number of thioether (sulfide) groups is 2. The van der Waals surface area contributed by atoms with Crippen molar-refractivity contribution < 1.29 is 33.6 Å². The maximum atomic E-state index is 11.9. The van der Waals surface area contributed by atoms with Crippen molar-refractivity contribution in [3.63, 3.8) is 0 Å². The summed E-state index contributed by atoms with van der Waals surface area (Å²) in [6.45, 7) is 15.2. The first-order valence-corrected chi connectivity index (χ1v) is 21.2. The summed E-state index contributed by atoms with van der Waals surface area (Å²) in [6.07, 6.45) is 7.95. The molecule has 0 aromatic carbocycles. The Balaban J connectivity index is 0. The van der Waals surface area contributed by atoms with Gasteiger partial charge in [0.1, 0.15) is 11.4 Å². The van der Waals surface area contributed by atoms with Crippen molar-refractivity contribution in [2.75, 3.05) is 104 Å². The molecule has 3 N–H and O–H groups in total. The number of esters is 2. The molecule has 0 amide bonds. The van der Waals surface area contributed by atoms with Crippen LogP contribution in [0.2, 0.25) is 0 Å². The average molecular weight is 772 g/mol. The second kappa shape index (κ2) is 38.4. The lowest BCUT2D eigenvalue weighted by Gasteiger charge is -2.22. The van der Waals surface area contributed by atoms with Gasteiger partial charge in [-0.25, -0.2) is 19.6 Å². The number of hydrogen-bond donors (Lipinski definition) is 2. The highest BCUT2D eigenvalue weighted by Crippen LogP contribution is 2.09. The summed E-state index contributed by atoms with van der Waals surface area (Å²) in [7, 11) is 2.69. The van der Waals surface area contributed by atoms with E-state index >= 15 is 0 Å². The minimum atomic E-state index is -0.463. The molecule has 2 aromatic rings. The van der Waals surface area contributed by atoms with E-state index in [4.69, 9.17) is 24.7 Å². The molecule has 0 unspecified atom stereocenters. The van der Waals surface area contributed by atoms with Crippen LogP contribution in [0.4, 0.5) is 0 Å². The van der Waals surface area contributed by atoms with E-state index in [1.54, 1.807) is 30.0 Å². The monoisotopic (exact) mass is 771 g/mol. The van der Waals surface area contributed by atoms with E-state index in [0.717, 1.165) is 61.7 Å². The Morgan fingerprint density at radius 1 is 0.692 bits per heavy atom. The zero-order valence-corrected chi connectivity index (χ0v) is 34.9. The molecule has 2 rings (SSSR count). The third-order valence-electron chi connectivity index (χ3n) is 6.80. The zero-order valence-electron chi connectivity index (χ0n) is 33.3. The lowest BCUT2D eigenvalue weighted by molar-refractivity contribution is 0.0583. The summed E-state index contributed by atoms with van der Waals surface area (Å²) in [5, 5.41) is 9.51. The molecule has 0 aliphatic heterocycles. The molecule has 0 radical (unpaired) electrons. The molecule has 0 atom stereocenters. The fraction of sp³-hybridized carbons (Fsp3) is 0.684. The van der Waals surface area contributed by atoms with Gasteiger partial charge in [-0.3, -0.25) is 9.80 Å². The van der Waals surface area contributed by atoms with Gasteiger partial charge in [-0.1, -0.05) is 39.8 Å². The molecule has 0 bridgehead atoms. The van der Waals surface area contributed by atoms with Gasteiger partial charge >= 0.3 is 11.9 Å². The molecule has 300 valence electrons. The normalized spacial score (nSPS) is 10.4. The predicted molar refractivity (Wildman–Crippen MR) is 217 cm³/mol. The summed E-state index contributed by atoms with van der Waals surface area (Å²) in [6, 6.07) is 10.7. The predicted octanol–water partition coefficient (Wildman–Crippen LogP) is 5.66. The summed E-state index contributed by atoms with van der Waals surface area (Å²) in [4.78, 5) is 36.9. The van der Waals surface area contributed by atoms with E-state index in [-0.39, 0.29) is 12.3 Å². The number of nitrogens with zero attached hydrogens (tertiary/aromatic N) is 4. The fourth-order valence-electron chi connectivity index (χ4n) is 4.47. The number of ether oxygens (including phenoxy) is 4. The van der Waals surface area contributed by atoms with Gasteiger partial charge in [0.2, 0.25) is 0 Å². The van der Waals surface area contributed by atoms with Crippen LogP contribution < -0.4 is 5.73 Å². The van der Waals surface area contributed by atoms with Crippen molar-refractivity contribution in [3.8, 4) is 0 Å². The Hall–Kier alpha value is -2.30. The van der Waals surface area contributed by atoms with Gasteiger partial charge < -0.3 is 29.8 Å². The minimum Gasteiger partial charge on any atom is -0.464 e. The zero-order chi connectivity index (χ0) is 39.2. The standard InChI is InChI=1S/C32H51N5O7S.C2H6S.2C2H6/c1-41-31(39)29-11-6-9-27(34-29)25-36(15-18-38)14-4-3-5-19-43-21-16-37(17-22-44-20-8-23-45-24-13-33)26-28-10-7-12-30(35-28)32(40)42-2;1-3-2;2*1-2/h6-7,9-12,38H,3-5,8,13-26,33H2,1-2H3;1-2H3;2*1-2H3. The van der Waals surface area contributed by atoms with Crippen molar-refractivity contribution >= 4 is 35.5 Å². The average Bonchev–Trinajstić information content (AvgIpc) is 3.18. The van der Waals surface area contributed by atoms with Crippen LogP contribution in [0.15, 0.2) is 36.4 Å². The molecule has 14 heteroatoms. The maximum Gasteiger partial charge on any atom is 0.356 e. The van der Waals surface area contributed by atoms with Gasteiger partial charge in [-0.15, -0.1) is 0 Å². The van der Waals surface area contributed by atoms with Gasteiger partial charge in [0, 0.05) is 58.2 Å². The summed E-state index contributed by atoms with van der Waals surface area (Å²) >= 11 is 3.59. The molecule has 2 aromatic heterocycles. The van der Waals surface area contributed by atoms with Gasteiger partial charge in [-0.2, -0.15) is 23.5 Å². The molecular weight excluding hydrogens is 703 g/mol. The van der Waals surface area contributed by atoms with Crippen molar-refractivity contribution in [2.24, 2.45) is 5.73 Å². The molecule has 0 fully saturated rings. The number of aromatic nitrogens is 2. The number of carbonyl (C=O) groups excluding carboxylic acids is 2. The van der Waals surface area contributed by atoms with Crippen molar-refractivity contribution in [2.45, 2.75) is 66.5 Å². The number of aliphatic hydroxyl groups excluding tert-OH is 1. The van der Waals surface area contributed by atoms with Crippen molar-refractivity contribution in [3.05, 3.63) is 59.2 Å². The number of rotatable bonds is 26. The van der Waals surface area contributed by atoms with Crippen LogP contribution in [0.25, 0.3) is 0 Å². The number of unbranched alkanes of at least 4 members (excludes halogenated alkanes) is 2. The Morgan fingerprint density at radius 3 is 1.63 bits per heavy atom. The van der Waals surface area contributed by atoms with Crippen LogP contribution in [-0.2, 0) is 32.0 Å². The molecular formula is C38H69N5O7S2. The molecule has 0 aliphatic rings. The van der Waals surface area contributed by atoms with E-state index in [2.05, 4.69) is 19.8 Å². The largest absolute Gasteiger partial charge is 0.464 e. The lowest BCUT2D eigenvalue weighted by Crippen LogP contribution is -2.31. The second-order valence-electron chi connectivity index (χ2n) is 10.7. The van der Waals surface area contributed by atoms with Crippen LogP contribution in [0.3, 0.4) is 0 Å². The molecule has 0 saturated carbocycles. The third-order valence-corrected chi connectivity index (χ3v) is 7.90. The van der Waals surface area contributed by atoms with Crippen LogP contribution in [0, 0.1) is 0 Å². The van der Waals surface area contributed by atoms with Crippen molar-refractivity contribution in [1.29, 1.82) is 0 Å². The Kier molecular flexibility index (Phi) is 38.3. The number of pyridine rings is 2. The van der Waals surface area contributed by atoms with E-state index in [0.29, 0.717) is 64.8 Å². The number of carbonyl (C=O) groups is 2. The quantitative estimate of drug-likeness (QED) is 0.0894. The lowest BCUT2D eigenvalue weighted by atomic mass is 10.2. The van der Waals surface area contributed by atoms with Crippen LogP contribution in [0.5, 0.6) is 0 Å². The molecule has 12 nitrogen and oxygen atoms in total. The Morgan fingerprint density at radius 2 is 1.17 bits per heavy atom. The highest BCUT2D eigenvalue weighted by atomic mass is 32.2. The first kappa shape index (κ1) is 51.8. The maximum absolute atomic E-state index is 11.9. The number of methoxy groups -OCH3 is 2. The van der Waals surface area contributed by atoms with E-state index in [1.807, 2.05) is 70.2 Å². The van der Waals surface area contributed by atoms with Gasteiger partial charge in [0.25, 0.3) is 0 Å². The topological polar surface area (TPSA) is 150 Å². The van der Waals surface area contributed by atoms with E-state index in [1.165, 1.54) is 14.2 Å². The molecule has 2 heterocycles. The van der Waals surface area contributed by atoms with Gasteiger partial charge in [0.15, 0.2) is 0 Å². The van der Waals surface area contributed by atoms with Crippen LogP contribution in [0.1, 0.15) is 85.7 Å². The highest BCUT2D eigenvalue weighted by molar-refractivity contribution is 7.99. The Labute approximate surface area is 323 Å². The molecule has 52 heavy (non-hydrogen) atoms. The Bertz CT molecular complexity index is 1120. The summed E-state index contributed by atoms with van der Waals surface area (Å²) < 4.78 is 21.4. The first-order chi connectivity index (χ1) is 25.4. The SMILES string of the molecule is CC.CC.COC(=O)c1cccc(CN(CCO)CCCCCOCCN(CCOCCCSCCN)Cc2cccc(C(=O)OC)n2)n1.CSC. The minimum absolute atomic E-state index is 0.0533. The van der Waals surface area contributed by atoms with Crippen LogP contribution >= 0.6 is 23.5 Å². The molecule has 0 saturated heterocycles. The molecule has 0 spiro atoms. The van der Waals surface area contributed by atoms with Gasteiger partial charge in [0.05, 0.1) is 45.4 Å². The van der Waals surface area contributed by atoms with E-state index in [9.17, 15) is 14.7 Å². The summed E-state index contributed by atoms with van der Waals surface area (Å²) in [5.74, 6) is 1.10. The fourth-order valence-corrected chi connectivity index (χ4v) is 5.16. The summed E-state index contributed by atoms with van der Waals surface area (Å²) in [5.41, 5.74) is 7.66. The second-order valence-corrected chi connectivity index (χ2v) is 12.8. The van der Waals surface area contributed by atoms with Crippen molar-refractivity contribution in [1.82, 2.24) is 19.8 Å². The van der Waals surface area contributed by atoms with Gasteiger partial charge in [-0.05, 0) is 74.8 Å². The third kappa shape index (κ3) is 27.3. The number of nitrogens with two attached hydrogens (primary N) is 1. The smallest absolute Gasteiger partial charge is 0.356 e.